The number of nitrogens with one attached hydrogen (secondary N) is 2. The lowest BCUT2D eigenvalue weighted by atomic mass is 9.74. The van der Waals surface area contributed by atoms with E-state index >= 15 is 0 Å². The van der Waals surface area contributed by atoms with Gasteiger partial charge in [0.25, 0.3) is 0 Å². The first-order valence-corrected chi connectivity index (χ1v) is 13.0. The summed E-state index contributed by atoms with van der Waals surface area (Å²) < 4.78 is 7.30. The first-order chi connectivity index (χ1) is 16.1. The van der Waals surface area contributed by atoms with Crippen molar-refractivity contribution in [3.8, 4) is 0 Å². The average molecular weight is 530 g/mol. The van der Waals surface area contributed by atoms with Crippen molar-refractivity contribution in [1.29, 1.82) is 0 Å². The first kappa shape index (κ1) is 23.5. The molecule has 182 valence electrons. The van der Waals surface area contributed by atoms with Crippen LogP contribution in [0.5, 0.6) is 0 Å². The van der Waals surface area contributed by atoms with Crippen molar-refractivity contribution in [2.45, 2.75) is 82.2 Å². The lowest BCUT2D eigenvalue weighted by molar-refractivity contribution is -0.146. The molecule has 3 fully saturated rings. The quantitative estimate of drug-likeness (QED) is 0.581. The fourth-order valence-corrected chi connectivity index (χ4v) is 6.44. The SMILES string of the molecule is CC(C)(C)N1C(=O)[C@H]2[C@@H](C(=O)Nc3ccc(Br)cc3)[C@H]3C=C[C@@]2(O3)[C@@H]1C(=O)NC1CCCCC1. The second-order valence-electron chi connectivity index (χ2n) is 10.9. The fraction of sp³-hybridized carbons (Fsp3) is 0.577. The van der Waals surface area contributed by atoms with Crippen molar-refractivity contribution in [2.24, 2.45) is 11.8 Å². The van der Waals surface area contributed by atoms with Gasteiger partial charge in [-0.25, -0.2) is 0 Å². The Balaban J connectivity index is 1.46. The van der Waals surface area contributed by atoms with Gasteiger partial charge < -0.3 is 20.3 Å². The van der Waals surface area contributed by atoms with Crippen LogP contribution in [-0.4, -0.2) is 51.9 Å². The van der Waals surface area contributed by atoms with Crippen LogP contribution in [0, 0.1) is 11.8 Å². The maximum atomic E-state index is 13.9. The molecule has 5 atom stereocenters. The van der Waals surface area contributed by atoms with Gasteiger partial charge in [0.1, 0.15) is 11.6 Å². The van der Waals surface area contributed by atoms with Crippen LogP contribution in [0.25, 0.3) is 0 Å². The molecule has 2 bridgehead atoms. The number of likely N-dealkylation sites (tertiary alicyclic amines) is 1. The predicted molar refractivity (Wildman–Crippen MR) is 132 cm³/mol. The third-order valence-corrected chi connectivity index (χ3v) is 8.14. The molecular weight excluding hydrogens is 498 g/mol. The van der Waals surface area contributed by atoms with Gasteiger partial charge in [-0.2, -0.15) is 0 Å². The maximum Gasteiger partial charge on any atom is 0.246 e. The van der Waals surface area contributed by atoms with Gasteiger partial charge in [-0.1, -0.05) is 47.3 Å². The second kappa shape index (κ2) is 8.48. The van der Waals surface area contributed by atoms with E-state index < -0.39 is 35.1 Å². The van der Waals surface area contributed by atoms with Gasteiger partial charge in [-0.3, -0.25) is 14.4 Å². The number of ether oxygens (including phenoxy) is 1. The summed E-state index contributed by atoms with van der Waals surface area (Å²) in [6.45, 7) is 5.78. The van der Waals surface area contributed by atoms with E-state index in [0.717, 1.165) is 30.2 Å². The standard InChI is InChI=1S/C26H32BrN3O4/c1-25(2,3)30-21(23(32)29-16-7-5-4-6-8-16)26-14-13-18(34-26)19(20(26)24(30)33)22(31)28-17-11-9-15(27)10-12-17/h9-14,16,18-21H,4-8H2,1-3H3,(H,28,31)(H,29,32)/t18-,19+,20-,21+,26+/m1/s1. The number of hydrogen-bond acceptors (Lipinski definition) is 4. The van der Waals surface area contributed by atoms with Crippen molar-refractivity contribution in [3.05, 3.63) is 40.9 Å². The summed E-state index contributed by atoms with van der Waals surface area (Å²) in [5.41, 5.74) is -1.08. The van der Waals surface area contributed by atoms with E-state index in [0.29, 0.717) is 5.69 Å². The molecule has 1 aliphatic carbocycles. The Kier molecular flexibility index (Phi) is 5.88. The van der Waals surface area contributed by atoms with E-state index in [2.05, 4.69) is 26.6 Å². The van der Waals surface area contributed by atoms with Crippen molar-refractivity contribution in [2.75, 3.05) is 5.32 Å². The van der Waals surface area contributed by atoms with Crippen LogP contribution in [-0.2, 0) is 19.1 Å². The molecule has 3 heterocycles. The number of hydrogen-bond donors (Lipinski definition) is 2. The summed E-state index contributed by atoms with van der Waals surface area (Å²) >= 11 is 3.40. The number of nitrogens with zero attached hydrogens (tertiary/aromatic N) is 1. The predicted octanol–water partition coefficient (Wildman–Crippen LogP) is 3.79. The Labute approximate surface area is 208 Å². The number of anilines is 1. The van der Waals surface area contributed by atoms with E-state index in [1.165, 1.54) is 6.42 Å². The molecule has 1 saturated carbocycles. The van der Waals surface area contributed by atoms with E-state index in [1.807, 2.05) is 45.1 Å². The molecule has 3 aliphatic heterocycles. The van der Waals surface area contributed by atoms with Crippen LogP contribution >= 0.6 is 15.9 Å². The molecule has 1 spiro atoms. The average Bonchev–Trinajstić information content (AvgIpc) is 3.43. The molecule has 0 unspecified atom stereocenters. The molecule has 1 aromatic rings. The lowest BCUT2D eigenvalue weighted by Gasteiger charge is -2.40. The highest BCUT2D eigenvalue weighted by Crippen LogP contribution is 2.56. The van der Waals surface area contributed by atoms with Crippen molar-refractivity contribution in [1.82, 2.24) is 10.2 Å². The highest BCUT2D eigenvalue weighted by Gasteiger charge is 2.73. The van der Waals surface area contributed by atoms with Gasteiger partial charge in [0, 0.05) is 21.7 Å². The molecular formula is C26H32BrN3O4. The van der Waals surface area contributed by atoms with E-state index in [4.69, 9.17) is 4.74 Å². The molecule has 8 heteroatoms. The fourth-order valence-electron chi connectivity index (χ4n) is 6.18. The summed E-state index contributed by atoms with van der Waals surface area (Å²) in [7, 11) is 0. The Morgan fingerprint density at radius 1 is 1.09 bits per heavy atom. The smallest absolute Gasteiger partial charge is 0.246 e. The van der Waals surface area contributed by atoms with Gasteiger partial charge in [0.2, 0.25) is 17.7 Å². The molecule has 0 aromatic heterocycles. The van der Waals surface area contributed by atoms with E-state index in [-0.39, 0.29) is 23.8 Å². The number of carbonyl (C=O) groups excluding carboxylic acids is 3. The summed E-state index contributed by atoms with van der Waals surface area (Å²) in [5.74, 6) is -2.08. The number of rotatable bonds is 4. The number of fused-ring (bicyclic) bond motifs is 1. The molecule has 3 amide bonds. The summed E-state index contributed by atoms with van der Waals surface area (Å²) in [6.07, 6.45) is 8.48. The number of benzene rings is 1. The number of carbonyl (C=O) groups is 3. The van der Waals surface area contributed by atoms with Crippen LogP contribution in [0.3, 0.4) is 0 Å². The Morgan fingerprint density at radius 2 is 1.76 bits per heavy atom. The van der Waals surface area contributed by atoms with Gasteiger partial charge in [0.05, 0.1) is 17.9 Å². The molecule has 2 N–H and O–H groups in total. The van der Waals surface area contributed by atoms with Crippen LogP contribution in [0.2, 0.25) is 0 Å². The largest absolute Gasteiger partial charge is 0.359 e. The van der Waals surface area contributed by atoms with Crippen LogP contribution in [0.4, 0.5) is 5.69 Å². The normalized spacial score (nSPS) is 32.7. The third kappa shape index (κ3) is 3.79. The number of amides is 3. The number of halogens is 1. The highest BCUT2D eigenvalue weighted by atomic mass is 79.9. The van der Waals surface area contributed by atoms with Gasteiger partial charge >= 0.3 is 0 Å². The van der Waals surface area contributed by atoms with Gasteiger partial charge in [-0.05, 0) is 57.9 Å². The minimum absolute atomic E-state index is 0.118. The first-order valence-electron chi connectivity index (χ1n) is 12.2. The van der Waals surface area contributed by atoms with Gasteiger partial charge in [-0.15, -0.1) is 0 Å². The topological polar surface area (TPSA) is 87.7 Å². The lowest BCUT2D eigenvalue weighted by Crippen LogP contribution is -2.60. The van der Waals surface area contributed by atoms with Crippen LogP contribution < -0.4 is 10.6 Å². The van der Waals surface area contributed by atoms with Crippen LogP contribution in [0.1, 0.15) is 52.9 Å². The molecule has 4 aliphatic rings. The van der Waals surface area contributed by atoms with Crippen molar-refractivity contribution < 1.29 is 19.1 Å². The monoisotopic (exact) mass is 529 g/mol. The molecule has 34 heavy (non-hydrogen) atoms. The zero-order chi connectivity index (χ0) is 24.3. The molecule has 2 saturated heterocycles. The molecule has 5 rings (SSSR count). The zero-order valence-corrected chi connectivity index (χ0v) is 21.4. The van der Waals surface area contributed by atoms with E-state index in [9.17, 15) is 14.4 Å². The van der Waals surface area contributed by atoms with E-state index in [1.54, 1.807) is 17.0 Å². The second-order valence-corrected chi connectivity index (χ2v) is 11.8. The van der Waals surface area contributed by atoms with Crippen molar-refractivity contribution in [3.63, 3.8) is 0 Å². The summed E-state index contributed by atoms with van der Waals surface area (Å²) in [5, 5.41) is 6.16. The van der Waals surface area contributed by atoms with Crippen molar-refractivity contribution >= 4 is 39.3 Å². The highest BCUT2D eigenvalue weighted by molar-refractivity contribution is 9.10. The Morgan fingerprint density at radius 3 is 2.41 bits per heavy atom. The molecule has 0 radical (unpaired) electrons. The Bertz CT molecular complexity index is 1030. The molecule has 7 nitrogen and oxygen atoms in total. The van der Waals surface area contributed by atoms with Crippen LogP contribution in [0.15, 0.2) is 40.9 Å². The summed E-state index contributed by atoms with van der Waals surface area (Å²) in [4.78, 5) is 42.7. The molecule has 1 aromatic carbocycles. The minimum Gasteiger partial charge on any atom is -0.359 e. The minimum atomic E-state index is -1.13. The summed E-state index contributed by atoms with van der Waals surface area (Å²) in [6, 6.07) is 6.62. The Hall–Kier alpha value is -2.19. The zero-order valence-electron chi connectivity index (χ0n) is 19.8. The maximum absolute atomic E-state index is 13.9. The van der Waals surface area contributed by atoms with Gasteiger partial charge in [0.15, 0.2) is 0 Å². The third-order valence-electron chi connectivity index (χ3n) is 7.61.